The first kappa shape index (κ1) is 35.5. The Labute approximate surface area is 376 Å². The van der Waals surface area contributed by atoms with Gasteiger partial charge in [-0.05, 0) is 113 Å². The normalized spacial score (nSPS) is 12.3. The lowest BCUT2D eigenvalue weighted by molar-refractivity contribution is 0.669. The molecular formula is C61H35N3O2. The SMILES string of the molecule is O=c1c2cc(-c3cccc4oc5ccc(-n6c7ccccc7c7cc(-c8ccc9c(c8)c8ccccc8n9-c8ccccc8)ccc76)cc5c34)ccc2c2cccc3c4ccccc4n1c23. The fourth-order valence-corrected chi connectivity index (χ4v) is 11.3. The van der Waals surface area contributed by atoms with E-state index < -0.39 is 0 Å². The monoisotopic (exact) mass is 841 g/mol. The smallest absolute Gasteiger partial charge is 0.263 e. The maximum atomic E-state index is 14.6. The van der Waals surface area contributed by atoms with E-state index in [-0.39, 0.29) is 5.56 Å². The van der Waals surface area contributed by atoms with Crippen LogP contribution in [0.1, 0.15) is 0 Å². The molecule has 0 fully saturated rings. The van der Waals surface area contributed by atoms with Gasteiger partial charge in [-0.2, -0.15) is 0 Å². The van der Waals surface area contributed by atoms with E-state index in [1.807, 2.05) is 34.7 Å². The summed E-state index contributed by atoms with van der Waals surface area (Å²) in [5.41, 5.74) is 14.7. The molecule has 0 N–H and O–H groups in total. The molecule has 5 nitrogen and oxygen atoms in total. The first-order valence-electron chi connectivity index (χ1n) is 22.5. The van der Waals surface area contributed by atoms with Gasteiger partial charge < -0.3 is 13.6 Å². The molecule has 0 amide bonds. The quantitative estimate of drug-likeness (QED) is 0.166. The molecule has 0 saturated heterocycles. The average molecular weight is 842 g/mol. The summed E-state index contributed by atoms with van der Waals surface area (Å²) in [5.74, 6) is 0. The second-order valence-corrected chi connectivity index (χ2v) is 17.6. The van der Waals surface area contributed by atoms with Gasteiger partial charge in [-0.3, -0.25) is 9.20 Å². The van der Waals surface area contributed by atoms with Crippen molar-refractivity contribution in [2.24, 2.45) is 0 Å². The minimum absolute atomic E-state index is 0.00556. The van der Waals surface area contributed by atoms with Crippen LogP contribution in [0.5, 0.6) is 0 Å². The third-order valence-corrected chi connectivity index (χ3v) is 14.2. The highest BCUT2D eigenvalue weighted by Gasteiger charge is 2.21. The Balaban J connectivity index is 0.894. The summed E-state index contributed by atoms with van der Waals surface area (Å²) in [5, 5.41) is 11.8. The van der Waals surface area contributed by atoms with Gasteiger partial charge in [0.15, 0.2) is 0 Å². The van der Waals surface area contributed by atoms with Gasteiger partial charge in [0.05, 0.1) is 33.1 Å². The van der Waals surface area contributed by atoms with Crippen molar-refractivity contribution in [1.29, 1.82) is 0 Å². The predicted molar refractivity (Wildman–Crippen MR) is 274 cm³/mol. The van der Waals surface area contributed by atoms with E-state index in [0.29, 0.717) is 5.39 Å². The number of aromatic nitrogens is 3. The van der Waals surface area contributed by atoms with Crippen molar-refractivity contribution < 1.29 is 4.42 Å². The number of pyridine rings is 1. The van der Waals surface area contributed by atoms with Crippen molar-refractivity contribution in [3.63, 3.8) is 0 Å². The molecule has 0 unspecified atom stereocenters. The highest BCUT2D eigenvalue weighted by Crippen LogP contribution is 2.42. The standard InChI is InChI=1S/C61H35N3O2/c65-61-50-34-38(24-28-42(50)46-18-10-19-47-43-14-4-9-22-54(43)64(61)60(46)47)41-17-11-23-58-59(41)51-35-40(27-31-57(51)66-58)63-53-21-8-6-16-45(53)49-33-37(26-30-56(49)63)36-25-29-55-48(32-36)44-15-5-7-20-52(44)62(55)39-12-2-1-3-13-39/h1-35H. The van der Waals surface area contributed by atoms with Crippen molar-refractivity contribution in [3.8, 4) is 33.6 Å². The van der Waals surface area contributed by atoms with E-state index in [1.54, 1.807) is 0 Å². The van der Waals surface area contributed by atoms with Gasteiger partial charge in [-0.1, -0.05) is 127 Å². The molecule has 0 atom stereocenters. The molecule has 10 aromatic carbocycles. The van der Waals surface area contributed by atoms with Crippen LogP contribution < -0.4 is 5.56 Å². The van der Waals surface area contributed by atoms with E-state index in [2.05, 4.69) is 191 Å². The van der Waals surface area contributed by atoms with Crippen LogP contribution in [0.2, 0.25) is 0 Å². The lowest BCUT2D eigenvalue weighted by atomic mass is 9.96. The Hall–Kier alpha value is -8.93. The molecule has 0 spiro atoms. The van der Waals surface area contributed by atoms with Gasteiger partial charge in [0.25, 0.3) is 5.56 Å². The molecule has 66 heavy (non-hydrogen) atoms. The Bertz CT molecular complexity index is 4600. The van der Waals surface area contributed by atoms with Crippen LogP contribution in [0.3, 0.4) is 0 Å². The summed E-state index contributed by atoms with van der Waals surface area (Å²) in [6, 6.07) is 75.5. The Kier molecular flexibility index (Phi) is 7.03. The average Bonchev–Trinajstić information content (AvgIpc) is 4.12. The number of fused-ring (bicyclic) bond motifs is 14. The molecule has 5 heteroatoms. The number of hydrogen-bond donors (Lipinski definition) is 0. The summed E-state index contributed by atoms with van der Waals surface area (Å²) in [7, 11) is 0. The second-order valence-electron chi connectivity index (χ2n) is 17.6. The Morgan fingerprint density at radius 1 is 0.318 bits per heavy atom. The molecule has 0 radical (unpaired) electrons. The number of rotatable bonds is 4. The topological polar surface area (TPSA) is 44.5 Å². The zero-order chi connectivity index (χ0) is 43.2. The number of benzene rings is 10. The van der Waals surface area contributed by atoms with Gasteiger partial charge in [0.2, 0.25) is 0 Å². The van der Waals surface area contributed by atoms with Gasteiger partial charge in [-0.25, -0.2) is 0 Å². The van der Waals surface area contributed by atoms with E-state index in [0.717, 1.165) is 88.1 Å². The maximum absolute atomic E-state index is 14.6. The van der Waals surface area contributed by atoms with Crippen LogP contribution in [-0.2, 0) is 0 Å². The number of hydrogen-bond acceptors (Lipinski definition) is 2. The summed E-state index contributed by atoms with van der Waals surface area (Å²) < 4.78 is 13.2. The highest BCUT2D eigenvalue weighted by atomic mass is 16.3. The van der Waals surface area contributed by atoms with Gasteiger partial charge >= 0.3 is 0 Å². The molecular weight excluding hydrogens is 807 g/mol. The summed E-state index contributed by atoms with van der Waals surface area (Å²) >= 11 is 0. The summed E-state index contributed by atoms with van der Waals surface area (Å²) in [6.07, 6.45) is 0. The molecule has 15 rings (SSSR count). The van der Waals surface area contributed by atoms with Crippen molar-refractivity contribution in [3.05, 3.63) is 223 Å². The number of furan rings is 1. The highest BCUT2D eigenvalue weighted by molar-refractivity contribution is 6.21. The predicted octanol–water partition coefficient (Wildman–Crippen LogP) is 15.6. The fourth-order valence-electron chi connectivity index (χ4n) is 11.3. The fraction of sp³-hybridized carbons (Fsp3) is 0. The second kappa shape index (κ2) is 13.1. The molecule has 15 aromatic rings. The Morgan fingerprint density at radius 3 is 1.58 bits per heavy atom. The first-order chi connectivity index (χ1) is 32.7. The minimum atomic E-state index is -0.00556. The third-order valence-electron chi connectivity index (χ3n) is 14.2. The van der Waals surface area contributed by atoms with E-state index >= 15 is 0 Å². The number of para-hydroxylation sites is 5. The maximum Gasteiger partial charge on any atom is 0.263 e. The lowest BCUT2D eigenvalue weighted by Crippen LogP contribution is -2.12. The van der Waals surface area contributed by atoms with Crippen molar-refractivity contribution in [2.75, 3.05) is 0 Å². The Morgan fingerprint density at radius 2 is 0.864 bits per heavy atom. The van der Waals surface area contributed by atoms with E-state index in [4.69, 9.17) is 4.42 Å². The molecule has 0 aliphatic heterocycles. The van der Waals surface area contributed by atoms with Crippen LogP contribution in [-0.4, -0.2) is 13.5 Å². The van der Waals surface area contributed by atoms with E-state index in [1.165, 1.54) is 43.7 Å². The zero-order valence-electron chi connectivity index (χ0n) is 35.4. The molecule has 5 heterocycles. The molecule has 306 valence electrons. The van der Waals surface area contributed by atoms with Gasteiger partial charge in [0.1, 0.15) is 11.2 Å². The van der Waals surface area contributed by atoms with E-state index in [9.17, 15) is 4.79 Å². The summed E-state index contributed by atoms with van der Waals surface area (Å²) in [4.78, 5) is 14.6. The molecule has 0 aliphatic rings. The van der Waals surface area contributed by atoms with Crippen molar-refractivity contribution in [1.82, 2.24) is 13.5 Å². The molecule has 0 aliphatic carbocycles. The lowest BCUT2D eigenvalue weighted by Gasteiger charge is -2.10. The molecule has 0 saturated carbocycles. The van der Waals surface area contributed by atoms with Crippen molar-refractivity contribution in [2.45, 2.75) is 0 Å². The largest absolute Gasteiger partial charge is 0.456 e. The first-order valence-corrected chi connectivity index (χ1v) is 22.5. The zero-order valence-corrected chi connectivity index (χ0v) is 35.4. The van der Waals surface area contributed by atoms with Crippen LogP contribution >= 0.6 is 0 Å². The number of nitrogens with zero attached hydrogens (tertiary/aromatic N) is 3. The van der Waals surface area contributed by atoms with Crippen LogP contribution in [0.15, 0.2) is 222 Å². The van der Waals surface area contributed by atoms with Gasteiger partial charge in [0, 0.05) is 65.2 Å². The third kappa shape index (κ3) is 4.75. The van der Waals surface area contributed by atoms with Crippen LogP contribution in [0.4, 0.5) is 0 Å². The minimum Gasteiger partial charge on any atom is -0.456 e. The van der Waals surface area contributed by atoms with Crippen LogP contribution in [0.25, 0.3) is 137 Å². The van der Waals surface area contributed by atoms with Gasteiger partial charge in [-0.15, -0.1) is 0 Å². The summed E-state index contributed by atoms with van der Waals surface area (Å²) in [6.45, 7) is 0. The molecule has 5 aromatic heterocycles. The van der Waals surface area contributed by atoms with Crippen LogP contribution in [0, 0.1) is 0 Å². The molecule has 0 bridgehead atoms. The van der Waals surface area contributed by atoms with Crippen molar-refractivity contribution >= 4 is 104 Å².